The monoisotopic (exact) mass is 382 g/mol. The number of rotatable bonds is 2. The van der Waals surface area contributed by atoms with Crippen molar-refractivity contribution in [3.63, 3.8) is 0 Å². The number of piperazine rings is 1. The lowest BCUT2D eigenvalue weighted by molar-refractivity contribution is -0.138. The van der Waals surface area contributed by atoms with Crippen molar-refractivity contribution in [1.29, 1.82) is 0 Å². The van der Waals surface area contributed by atoms with Crippen LogP contribution in [0.4, 0.5) is 0 Å². The lowest BCUT2D eigenvalue weighted by Gasteiger charge is -2.43. The van der Waals surface area contributed by atoms with Gasteiger partial charge in [0.15, 0.2) is 0 Å². The van der Waals surface area contributed by atoms with Crippen molar-refractivity contribution >= 4 is 38.9 Å². The van der Waals surface area contributed by atoms with E-state index in [1.165, 1.54) is 15.9 Å². The molecule has 1 aromatic carbocycles. The molecule has 0 unspecified atom stereocenters. The number of benzene rings is 1. The van der Waals surface area contributed by atoms with E-state index in [4.69, 9.17) is 11.6 Å². The fourth-order valence-electron chi connectivity index (χ4n) is 3.39. The van der Waals surface area contributed by atoms with Crippen LogP contribution in [0.5, 0.6) is 0 Å². The number of halogens is 1. The molecule has 0 spiro atoms. The van der Waals surface area contributed by atoms with Gasteiger partial charge in [-0.15, -0.1) is 11.3 Å². The minimum atomic E-state index is -3.71. The van der Waals surface area contributed by atoms with Crippen LogP contribution in [0.3, 0.4) is 0 Å². The third kappa shape index (κ3) is 2.56. The van der Waals surface area contributed by atoms with Gasteiger partial charge in [-0.05, 0) is 29.7 Å². The second kappa shape index (κ2) is 5.84. The zero-order chi connectivity index (χ0) is 16.9. The van der Waals surface area contributed by atoms with E-state index >= 15 is 0 Å². The molecular formula is C16H15ClN2O3S2. The second-order valence-corrected chi connectivity index (χ2v) is 9.79. The molecule has 4 rings (SSSR count). The Morgan fingerprint density at radius 1 is 1.17 bits per heavy atom. The van der Waals surface area contributed by atoms with Crippen LogP contribution in [-0.2, 0) is 21.2 Å². The molecule has 1 aromatic heterocycles. The Balaban J connectivity index is 1.71. The summed E-state index contributed by atoms with van der Waals surface area (Å²) < 4.78 is 27.6. The first kappa shape index (κ1) is 16.1. The molecule has 2 aliphatic heterocycles. The Hall–Kier alpha value is -1.41. The zero-order valence-corrected chi connectivity index (χ0v) is 15.1. The van der Waals surface area contributed by atoms with Crippen LogP contribution in [-0.4, -0.2) is 43.2 Å². The maximum absolute atomic E-state index is 12.8. The molecule has 5 nitrogen and oxygen atoms in total. The summed E-state index contributed by atoms with van der Waals surface area (Å²) in [7, 11) is -3.71. The minimum Gasteiger partial charge on any atom is -0.333 e. The predicted octanol–water partition coefficient (Wildman–Crippen LogP) is 2.53. The van der Waals surface area contributed by atoms with E-state index in [0.29, 0.717) is 10.9 Å². The molecule has 2 aliphatic rings. The lowest BCUT2D eigenvalue weighted by Crippen LogP contribution is -2.55. The van der Waals surface area contributed by atoms with E-state index in [1.807, 2.05) is 24.3 Å². The van der Waals surface area contributed by atoms with Crippen LogP contribution < -0.4 is 0 Å². The third-order valence-electron chi connectivity index (χ3n) is 4.56. The molecule has 1 amide bonds. The molecule has 0 saturated carbocycles. The van der Waals surface area contributed by atoms with Crippen molar-refractivity contribution in [2.75, 3.05) is 19.6 Å². The molecule has 0 radical (unpaired) electrons. The molecule has 24 heavy (non-hydrogen) atoms. The molecule has 1 fully saturated rings. The largest absolute Gasteiger partial charge is 0.333 e. The highest BCUT2D eigenvalue weighted by Gasteiger charge is 2.41. The molecular weight excluding hydrogens is 368 g/mol. The average Bonchev–Trinajstić information content (AvgIpc) is 3.02. The number of amides is 1. The van der Waals surface area contributed by atoms with Crippen LogP contribution in [0.15, 0.2) is 40.6 Å². The Morgan fingerprint density at radius 3 is 2.71 bits per heavy atom. The van der Waals surface area contributed by atoms with Gasteiger partial charge in [0.1, 0.15) is 4.21 Å². The van der Waals surface area contributed by atoms with Crippen molar-refractivity contribution in [1.82, 2.24) is 9.21 Å². The lowest BCUT2D eigenvalue weighted by atomic mass is 9.91. The molecule has 0 N–H and O–H groups in total. The van der Waals surface area contributed by atoms with Crippen molar-refractivity contribution in [3.05, 3.63) is 51.9 Å². The average molecular weight is 383 g/mol. The Labute approximate surface area is 149 Å². The molecule has 0 bridgehead atoms. The smallest absolute Gasteiger partial charge is 0.253 e. The van der Waals surface area contributed by atoms with E-state index < -0.39 is 10.0 Å². The molecule has 3 heterocycles. The number of carbonyl (C=O) groups is 1. The van der Waals surface area contributed by atoms with Crippen LogP contribution in [0, 0.1) is 0 Å². The molecule has 8 heteroatoms. The summed E-state index contributed by atoms with van der Waals surface area (Å²) in [6.45, 7) is 0.802. The molecule has 126 valence electrons. The van der Waals surface area contributed by atoms with Gasteiger partial charge >= 0.3 is 0 Å². The number of carbonyl (C=O) groups excluding carboxylic acids is 1. The first-order valence-electron chi connectivity index (χ1n) is 7.59. The summed E-state index contributed by atoms with van der Waals surface area (Å²) in [5.41, 5.74) is 2.23. The van der Waals surface area contributed by atoms with Crippen LogP contribution in [0.2, 0.25) is 4.34 Å². The summed E-state index contributed by atoms with van der Waals surface area (Å²) >= 11 is 6.89. The summed E-state index contributed by atoms with van der Waals surface area (Å²) in [5, 5.41) is 0. The van der Waals surface area contributed by atoms with E-state index in [2.05, 4.69) is 0 Å². The van der Waals surface area contributed by atoms with Crippen molar-refractivity contribution < 1.29 is 13.2 Å². The minimum absolute atomic E-state index is 0.115. The van der Waals surface area contributed by atoms with Gasteiger partial charge in [0.25, 0.3) is 10.0 Å². The number of fused-ring (bicyclic) bond motifs is 3. The van der Waals surface area contributed by atoms with E-state index in [0.717, 1.165) is 23.3 Å². The zero-order valence-electron chi connectivity index (χ0n) is 12.7. The first-order valence-corrected chi connectivity index (χ1v) is 10.2. The number of nitrogens with zero attached hydrogens (tertiary/aromatic N) is 2. The van der Waals surface area contributed by atoms with E-state index in [-0.39, 0.29) is 29.2 Å². The van der Waals surface area contributed by atoms with E-state index in [9.17, 15) is 13.2 Å². The maximum atomic E-state index is 12.8. The topological polar surface area (TPSA) is 57.7 Å². The van der Waals surface area contributed by atoms with Crippen molar-refractivity contribution in [3.8, 4) is 0 Å². The van der Waals surface area contributed by atoms with Gasteiger partial charge in [-0.1, -0.05) is 35.9 Å². The molecule has 2 aromatic rings. The van der Waals surface area contributed by atoms with Gasteiger partial charge in [0.05, 0.1) is 16.9 Å². The normalized spacial score (nSPS) is 21.5. The Morgan fingerprint density at radius 2 is 1.96 bits per heavy atom. The van der Waals surface area contributed by atoms with Gasteiger partial charge in [-0.3, -0.25) is 4.79 Å². The Kier molecular flexibility index (Phi) is 3.91. The predicted molar refractivity (Wildman–Crippen MR) is 92.7 cm³/mol. The number of hydrogen-bond donors (Lipinski definition) is 0. The van der Waals surface area contributed by atoms with Crippen LogP contribution in [0.1, 0.15) is 17.2 Å². The quantitative estimate of drug-likeness (QED) is 0.802. The standard InChI is InChI=1S/C16H15ClN2O3S2/c17-14-5-6-16(23-14)24(21,22)18-9-13-12-4-2-1-3-11(12)7-8-19(13)15(20)10-18/h1-6,13H,7-10H2/t13-/m0/s1. The van der Waals surface area contributed by atoms with Gasteiger partial charge < -0.3 is 4.90 Å². The highest BCUT2D eigenvalue weighted by Crippen LogP contribution is 2.36. The number of thiophene rings is 1. The van der Waals surface area contributed by atoms with Gasteiger partial charge in [0, 0.05) is 13.1 Å². The van der Waals surface area contributed by atoms with Gasteiger partial charge in [-0.2, -0.15) is 4.31 Å². The van der Waals surface area contributed by atoms with Crippen molar-refractivity contribution in [2.24, 2.45) is 0 Å². The first-order chi connectivity index (χ1) is 11.5. The van der Waals surface area contributed by atoms with Crippen molar-refractivity contribution in [2.45, 2.75) is 16.7 Å². The number of hydrogen-bond acceptors (Lipinski definition) is 4. The van der Waals surface area contributed by atoms with Gasteiger partial charge in [-0.25, -0.2) is 8.42 Å². The fourth-order valence-corrected chi connectivity index (χ4v) is 6.43. The summed E-state index contributed by atoms with van der Waals surface area (Å²) in [5.74, 6) is -0.146. The molecule has 0 aliphatic carbocycles. The van der Waals surface area contributed by atoms with Crippen LogP contribution >= 0.6 is 22.9 Å². The van der Waals surface area contributed by atoms with E-state index in [1.54, 1.807) is 11.0 Å². The molecule has 1 saturated heterocycles. The SMILES string of the molecule is O=C1CN(S(=O)(=O)c2ccc(Cl)s2)C[C@H]2c3ccccc3CCN12. The highest BCUT2D eigenvalue weighted by atomic mass is 35.5. The summed E-state index contributed by atoms with van der Waals surface area (Å²) in [6, 6.07) is 10.8. The number of sulfonamides is 1. The second-order valence-electron chi connectivity index (χ2n) is 5.91. The maximum Gasteiger partial charge on any atom is 0.253 e. The Bertz CT molecular complexity index is 910. The van der Waals surface area contributed by atoms with Crippen LogP contribution in [0.25, 0.3) is 0 Å². The molecule has 1 atom stereocenters. The fraction of sp³-hybridized carbons (Fsp3) is 0.312. The third-order valence-corrected chi connectivity index (χ3v) is 8.07. The summed E-state index contributed by atoms with van der Waals surface area (Å²) in [6.07, 6.45) is 0.811. The van der Waals surface area contributed by atoms with Gasteiger partial charge in [0.2, 0.25) is 5.91 Å². The highest BCUT2D eigenvalue weighted by molar-refractivity contribution is 7.91. The summed E-state index contributed by atoms with van der Waals surface area (Å²) in [4.78, 5) is 14.3.